The van der Waals surface area contributed by atoms with Crippen LogP contribution in [0.4, 0.5) is 4.39 Å². The molecule has 0 unspecified atom stereocenters. The van der Waals surface area contributed by atoms with E-state index in [9.17, 15) is 9.18 Å². The van der Waals surface area contributed by atoms with E-state index in [2.05, 4.69) is 0 Å². The number of hydrogen-bond acceptors (Lipinski definition) is 2. The van der Waals surface area contributed by atoms with E-state index in [1.807, 2.05) is 17.0 Å². The number of benzene rings is 1. The van der Waals surface area contributed by atoms with Crippen molar-refractivity contribution in [3.05, 3.63) is 35.6 Å². The van der Waals surface area contributed by atoms with Crippen molar-refractivity contribution in [3.8, 4) is 0 Å². The SMILES string of the molecule is NCC(=O)N1CCC[C@@H](CCc2ccccc2F)C1. The number of piperidine rings is 1. The van der Waals surface area contributed by atoms with Gasteiger partial charge in [-0.1, -0.05) is 18.2 Å². The lowest BCUT2D eigenvalue weighted by Crippen LogP contribution is -2.43. The smallest absolute Gasteiger partial charge is 0.236 e. The first-order valence-corrected chi connectivity index (χ1v) is 6.92. The van der Waals surface area contributed by atoms with Crippen molar-refractivity contribution < 1.29 is 9.18 Å². The topological polar surface area (TPSA) is 46.3 Å². The zero-order valence-corrected chi connectivity index (χ0v) is 11.1. The minimum Gasteiger partial charge on any atom is -0.341 e. The molecule has 0 aliphatic carbocycles. The highest BCUT2D eigenvalue weighted by atomic mass is 19.1. The van der Waals surface area contributed by atoms with E-state index in [1.54, 1.807) is 6.07 Å². The molecule has 3 nitrogen and oxygen atoms in total. The summed E-state index contributed by atoms with van der Waals surface area (Å²) < 4.78 is 13.5. The molecule has 1 aliphatic rings. The summed E-state index contributed by atoms with van der Waals surface area (Å²) in [5, 5.41) is 0. The first kappa shape index (κ1) is 14.0. The number of nitrogens with zero attached hydrogens (tertiary/aromatic N) is 1. The minimum atomic E-state index is -0.131. The average Bonchev–Trinajstić information content (AvgIpc) is 2.46. The predicted molar refractivity (Wildman–Crippen MR) is 73.1 cm³/mol. The van der Waals surface area contributed by atoms with Crippen LogP contribution in [0.2, 0.25) is 0 Å². The van der Waals surface area contributed by atoms with Crippen LogP contribution < -0.4 is 5.73 Å². The van der Waals surface area contributed by atoms with Gasteiger partial charge in [0.1, 0.15) is 5.82 Å². The molecule has 2 rings (SSSR count). The molecule has 0 bridgehead atoms. The molecule has 1 atom stereocenters. The Bertz CT molecular complexity index is 436. The highest BCUT2D eigenvalue weighted by Crippen LogP contribution is 2.22. The Balaban J connectivity index is 1.86. The van der Waals surface area contributed by atoms with Gasteiger partial charge in [-0.05, 0) is 43.2 Å². The molecule has 4 heteroatoms. The summed E-state index contributed by atoms with van der Waals surface area (Å²) in [6.07, 6.45) is 3.80. The summed E-state index contributed by atoms with van der Waals surface area (Å²) in [7, 11) is 0. The van der Waals surface area contributed by atoms with Crippen LogP contribution in [0.25, 0.3) is 0 Å². The molecule has 1 heterocycles. The Morgan fingerprint density at radius 2 is 2.21 bits per heavy atom. The Morgan fingerprint density at radius 3 is 2.95 bits per heavy atom. The third kappa shape index (κ3) is 3.77. The van der Waals surface area contributed by atoms with Crippen molar-refractivity contribution in [1.29, 1.82) is 0 Å². The predicted octanol–water partition coefficient (Wildman–Crippen LogP) is 1.96. The lowest BCUT2D eigenvalue weighted by atomic mass is 9.91. The molecule has 19 heavy (non-hydrogen) atoms. The van der Waals surface area contributed by atoms with Crippen LogP contribution in [0, 0.1) is 11.7 Å². The maximum absolute atomic E-state index is 13.5. The van der Waals surface area contributed by atoms with Crippen LogP contribution >= 0.6 is 0 Å². The number of nitrogens with two attached hydrogens (primary N) is 1. The van der Waals surface area contributed by atoms with Gasteiger partial charge in [-0.15, -0.1) is 0 Å². The molecule has 1 fully saturated rings. The summed E-state index contributed by atoms with van der Waals surface area (Å²) >= 11 is 0. The van der Waals surface area contributed by atoms with Crippen LogP contribution in [-0.2, 0) is 11.2 Å². The average molecular weight is 264 g/mol. The molecular formula is C15H21FN2O. The van der Waals surface area contributed by atoms with Crippen molar-refractivity contribution >= 4 is 5.91 Å². The van der Waals surface area contributed by atoms with Gasteiger partial charge in [-0.3, -0.25) is 4.79 Å². The van der Waals surface area contributed by atoms with Gasteiger partial charge < -0.3 is 10.6 Å². The molecule has 104 valence electrons. The normalized spacial score (nSPS) is 19.5. The van der Waals surface area contributed by atoms with Crippen LogP contribution in [0.1, 0.15) is 24.8 Å². The van der Waals surface area contributed by atoms with Gasteiger partial charge in [-0.2, -0.15) is 0 Å². The molecule has 0 radical (unpaired) electrons. The van der Waals surface area contributed by atoms with Gasteiger partial charge in [0, 0.05) is 13.1 Å². The molecule has 0 saturated carbocycles. The molecule has 1 aromatic rings. The van der Waals surface area contributed by atoms with Crippen LogP contribution in [0.3, 0.4) is 0 Å². The van der Waals surface area contributed by atoms with E-state index in [4.69, 9.17) is 5.73 Å². The van der Waals surface area contributed by atoms with E-state index in [0.29, 0.717) is 5.92 Å². The fourth-order valence-corrected chi connectivity index (χ4v) is 2.72. The second-order valence-electron chi connectivity index (χ2n) is 5.18. The highest BCUT2D eigenvalue weighted by Gasteiger charge is 2.22. The first-order chi connectivity index (χ1) is 9.20. The number of halogens is 1. The number of rotatable bonds is 4. The first-order valence-electron chi connectivity index (χ1n) is 6.92. The van der Waals surface area contributed by atoms with E-state index in [0.717, 1.165) is 44.3 Å². The molecule has 1 aromatic carbocycles. The molecule has 1 amide bonds. The largest absolute Gasteiger partial charge is 0.341 e. The Labute approximate surface area is 113 Å². The number of carbonyl (C=O) groups excluding carboxylic acids is 1. The molecule has 1 saturated heterocycles. The second-order valence-corrected chi connectivity index (χ2v) is 5.18. The lowest BCUT2D eigenvalue weighted by Gasteiger charge is -2.32. The van der Waals surface area contributed by atoms with Crippen molar-refractivity contribution in [1.82, 2.24) is 4.90 Å². The summed E-state index contributed by atoms with van der Waals surface area (Å²) in [5.41, 5.74) is 6.16. The van der Waals surface area contributed by atoms with Crippen molar-refractivity contribution in [2.75, 3.05) is 19.6 Å². The zero-order valence-electron chi connectivity index (χ0n) is 11.1. The monoisotopic (exact) mass is 264 g/mol. The Kier molecular flexibility index (Phi) is 4.91. The summed E-state index contributed by atoms with van der Waals surface area (Å²) in [5.74, 6) is 0.354. The summed E-state index contributed by atoms with van der Waals surface area (Å²) in [4.78, 5) is 13.4. The van der Waals surface area contributed by atoms with Gasteiger partial charge in [0.15, 0.2) is 0 Å². The molecular weight excluding hydrogens is 243 g/mol. The Morgan fingerprint density at radius 1 is 1.42 bits per heavy atom. The van der Waals surface area contributed by atoms with Gasteiger partial charge >= 0.3 is 0 Å². The van der Waals surface area contributed by atoms with E-state index in [1.165, 1.54) is 6.07 Å². The zero-order chi connectivity index (χ0) is 13.7. The van der Waals surface area contributed by atoms with Crippen molar-refractivity contribution in [2.45, 2.75) is 25.7 Å². The number of hydrogen-bond donors (Lipinski definition) is 1. The maximum atomic E-state index is 13.5. The number of carbonyl (C=O) groups is 1. The Hall–Kier alpha value is -1.42. The van der Waals surface area contributed by atoms with E-state index < -0.39 is 0 Å². The fourth-order valence-electron chi connectivity index (χ4n) is 2.72. The third-order valence-electron chi connectivity index (χ3n) is 3.83. The number of amides is 1. The molecule has 2 N–H and O–H groups in total. The molecule has 0 spiro atoms. The van der Waals surface area contributed by atoms with Gasteiger partial charge in [0.2, 0.25) is 5.91 Å². The fraction of sp³-hybridized carbons (Fsp3) is 0.533. The number of aryl methyl sites for hydroxylation is 1. The quantitative estimate of drug-likeness (QED) is 0.903. The summed E-state index contributed by atoms with van der Waals surface area (Å²) in [6, 6.07) is 6.91. The van der Waals surface area contributed by atoms with Gasteiger partial charge in [-0.25, -0.2) is 4.39 Å². The van der Waals surface area contributed by atoms with Crippen molar-refractivity contribution in [2.24, 2.45) is 11.7 Å². The van der Waals surface area contributed by atoms with Crippen LogP contribution in [0.5, 0.6) is 0 Å². The van der Waals surface area contributed by atoms with Crippen LogP contribution in [0.15, 0.2) is 24.3 Å². The highest BCUT2D eigenvalue weighted by molar-refractivity contribution is 5.78. The molecule has 0 aromatic heterocycles. The minimum absolute atomic E-state index is 0.0237. The van der Waals surface area contributed by atoms with E-state index >= 15 is 0 Å². The summed E-state index contributed by atoms with van der Waals surface area (Å²) in [6.45, 7) is 1.66. The third-order valence-corrected chi connectivity index (χ3v) is 3.83. The standard InChI is InChI=1S/C15H21FN2O/c16-14-6-2-1-5-13(14)8-7-12-4-3-9-18(11-12)15(19)10-17/h1-2,5-6,12H,3-4,7-11,17H2/t12-/m0/s1. The maximum Gasteiger partial charge on any atom is 0.236 e. The van der Waals surface area contributed by atoms with Crippen LogP contribution in [-0.4, -0.2) is 30.4 Å². The van der Waals surface area contributed by atoms with Crippen molar-refractivity contribution in [3.63, 3.8) is 0 Å². The van der Waals surface area contributed by atoms with Gasteiger partial charge in [0.25, 0.3) is 0 Å². The lowest BCUT2D eigenvalue weighted by molar-refractivity contribution is -0.131. The van der Waals surface area contributed by atoms with Gasteiger partial charge in [0.05, 0.1) is 6.54 Å². The number of likely N-dealkylation sites (tertiary alicyclic amines) is 1. The molecule has 1 aliphatic heterocycles. The van der Waals surface area contributed by atoms with E-state index in [-0.39, 0.29) is 18.3 Å². The second kappa shape index (κ2) is 6.66.